The first-order valence-electron chi connectivity index (χ1n) is 9.04. The molecule has 0 aliphatic heterocycles. The summed E-state index contributed by atoms with van der Waals surface area (Å²) >= 11 is 0. The van der Waals surface area contributed by atoms with Gasteiger partial charge in [0, 0.05) is 0 Å². The topological polar surface area (TPSA) is 140 Å². The Hall–Kier alpha value is -2.69. The molecule has 10 heteroatoms. The molecular formula is C20H24O8S2. The minimum absolute atomic E-state index is 0.0969. The largest absolute Gasteiger partial charge is 0.480 e. The molecule has 0 aliphatic rings. The number of rotatable bonds is 13. The second-order valence-electron chi connectivity index (χ2n) is 6.01. The lowest BCUT2D eigenvalue weighted by atomic mass is 10.2. The second-order valence-corrected chi connectivity index (χ2v) is 10.7. The van der Waals surface area contributed by atoms with Gasteiger partial charge in [-0.15, -0.1) is 0 Å². The summed E-state index contributed by atoms with van der Waals surface area (Å²) in [5.74, 6) is 6.21. The van der Waals surface area contributed by atoms with Gasteiger partial charge < -0.3 is 5.11 Å². The maximum atomic E-state index is 12.3. The molecule has 0 saturated carbocycles. The van der Waals surface area contributed by atoms with E-state index in [1.165, 1.54) is 12.2 Å². The summed E-state index contributed by atoms with van der Waals surface area (Å²) < 4.78 is 46.9. The van der Waals surface area contributed by atoms with Gasteiger partial charge in [0.25, 0.3) is 4.58 Å². The number of unbranched alkanes of at least 4 members (excludes halogenated alkanes) is 4. The van der Waals surface area contributed by atoms with Crippen LogP contribution in [-0.4, -0.2) is 56.6 Å². The zero-order valence-corrected chi connectivity index (χ0v) is 18.0. The maximum Gasteiger partial charge on any atom is 0.337 e. The van der Waals surface area contributed by atoms with Crippen molar-refractivity contribution < 1.29 is 36.3 Å². The quantitative estimate of drug-likeness (QED) is 0.247. The molecule has 0 fully saturated rings. The van der Waals surface area contributed by atoms with Crippen molar-refractivity contribution in [1.29, 1.82) is 0 Å². The second kappa shape index (κ2) is 15.2. The normalized spacial score (nSPS) is 12.5. The van der Waals surface area contributed by atoms with Crippen LogP contribution in [0, 0.1) is 23.7 Å². The van der Waals surface area contributed by atoms with Crippen LogP contribution in [0.15, 0.2) is 24.3 Å². The Labute approximate surface area is 177 Å². The number of aliphatic carboxylic acids is 1. The van der Waals surface area contributed by atoms with Crippen LogP contribution in [0.3, 0.4) is 0 Å². The van der Waals surface area contributed by atoms with Crippen molar-refractivity contribution in [2.45, 2.75) is 43.1 Å². The molecular weight excluding hydrogens is 432 g/mol. The first-order chi connectivity index (χ1) is 14.2. The van der Waals surface area contributed by atoms with Crippen LogP contribution < -0.4 is 0 Å². The fourth-order valence-corrected chi connectivity index (χ4v) is 6.94. The number of allylic oxidation sites excluding steroid dienone is 4. The lowest BCUT2D eigenvalue weighted by Crippen LogP contribution is -2.40. The molecule has 0 spiro atoms. The Morgan fingerprint density at radius 2 is 1.13 bits per heavy atom. The van der Waals surface area contributed by atoms with Crippen molar-refractivity contribution in [3.05, 3.63) is 24.3 Å². The number of aldehydes is 2. The third kappa shape index (κ3) is 12.0. The van der Waals surface area contributed by atoms with Gasteiger partial charge in [0.05, 0.1) is 11.5 Å². The third-order valence-corrected chi connectivity index (χ3v) is 8.82. The van der Waals surface area contributed by atoms with Crippen LogP contribution in [0.4, 0.5) is 0 Å². The maximum absolute atomic E-state index is 12.3. The summed E-state index contributed by atoms with van der Waals surface area (Å²) in [7, 11) is -8.78. The first-order valence-corrected chi connectivity index (χ1v) is 12.5. The number of carbonyl (C=O) groups excluding carboxylic acids is 2. The van der Waals surface area contributed by atoms with Gasteiger partial charge in [-0.2, -0.15) is 0 Å². The van der Waals surface area contributed by atoms with Crippen LogP contribution in [-0.2, 0) is 34.1 Å². The highest BCUT2D eigenvalue weighted by Crippen LogP contribution is 2.17. The van der Waals surface area contributed by atoms with Crippen LogP contribution in [0.25, 0.3) is 0 Å². The monoisotopic (exact) mass is 456 g/mol. The van der Waals surface area contributed by atoms with Gasteiger partial charge >= 0.3 is 5.97 Å². The van der Waals surface area contributed by atoms with Crippen molar-refractivity contribution in [2.75, 3.05) is 11.5 Å². The van der Waals surface area contributed by atoms with Gasteiger partial charge in [0.1, 0.15) is 0 Å². The third-order valence-electron chi connectivity index (χ3n) is 3.64. The fraction of sp³-hybridized carbons (Fsp3) is 0.450. The summed E-state index contributed by atoms with van der Waals surface area (Å²) in [6, 6.07) is 0. The van der Waals surface area contributed by atoms with Crippen LogP contribution in [0.1, 0.15) is 38.5 Å². The van der Waals surface area contributed by atoms with Gasteiger partial charge in [0.2, 0.25) is 0 Å². The van der Waals surface area contributed by atoms with Gasteiger partial charge in [-0.25, -0.2) is 21.6 Å². The van der Waals surface area contributed by atoms with Crippen LogP contribution in [0.5, 0.6) is 0 Å². The summed E-state index contributed by atoms with van der Waals surface area (Å²) in [4.78, 5) is 31.4. The number of carboxylic acids is 1. The smallest absolute Gasteiger partial charge is 0.337 e. The number of carbonyl (C=O) groups is 3. The molecule has 0 aromatic rings. The predicted molar refractivity (Wildman–Crippen MR) is 113 cm³/mol. The van der Waals surface area contributed by atoms with E-state index < -0.39 is 41.7 Å². The molecule has 0 aromatic heterocycles. The first kappa shape index (κ1) is 27.3. The molecule has 0 aliphatic carbocycles. The van der Waals surface area contributed by atoms with Crippen molar-refractivity contribution in [1.82, 2.24) is 0 Å². The van der Waals surface area contributed by atoms with Crippen molar-refractivity contribution in [3.8, 4) is 23.7 Å². The Morgan fingerprint density at radius 3 is 1.47 bits per heavy atom. The molecule has 8 nitrogen and oxygen atoms in total. The fourth-order valence-electron chi connectivity index (χ4n) is 2.32. The lowest BCUT2D eigenvalue weighted by molar-refractivity contribution is -0.134. The van der Waals surface area contributed by atoms with E-state index in [2.05, 4.69) is 23.7 Å². The van der Waals surface area contributed by atoms with E-state index in [1.807, 2.05) is 0 Å². The molecule has 0 amide bonds. The molecule has 1 N–H and O–H groups in total. The molecule has 0 atom stereocenters. The molecule has 0 heterocycles. The predicted octanol–water partition coefficient (Wildman–Crippen LogP) is 1.08. The average molecular weight is 457 g/mol. The highest BCUT2D eigenvalue weighted by molar-refractivity contribution is 8.10. The SMILES string of the molecule is O=CC#CC=CCCCCS(=O)(=O)C(C(=O)O)S(=O)(=O)CCCCC=CC#CC=O. The van der Waals surface area contributed by atoms with E-state index in [0.717, 1.165) is 0 Å². The van der Waals surface area contributed by atoms with E-state index in [-0.39, 0.29) is 12.8 Å². The zero-order chi connectivity index (χ0) is 22.9. The number of hydrogen-bond acceptors (Lipinski definition) is 7. The van der Waals surface area contributed by atoms with Crippen molar-refractivity contribution in [2.24, 2.45) is 0 Å². The molecule has 0 radical (unpaired) electrons. The number of carboxylic acid groups (broad SMARTS) is 1. The molecule has 0 rings (SSSR count). The highest BCUT2D eigenvalue weighted by atomic mass is 32.3. The van der Waals surface area contributed by atoms with E-state index >= 15 is 0 Å². The minimum Gasteiger partial charge on any atom is -0.480 e. The van der Waals surface area contributed by atoms with E-state index in [4.69, 9.17) is 0 Å². The van der Waals surface area contributed by atoms with Gasteiger partial charge in [-0.05, 0) is 62.5 Å². The Bertz CT molecular complexity index is 891. The van der Waals surface area contributed by atoms with Gasteiger partial charge in [0.15, 0.2) is 32.2 Å². The summed E-state index contributed by atoms with van der Waals surface area (Å²) in [6.07, 6.45) is 8.91. The summed E-state index contributed by atoms with van der Waals surface area (Å²) in [6.45, 7) is 0. The van der Waals surface area contributed by atoms with Crippen molar-refractivity contribution in [3.63, 3.8) is 0 Å². The average Bonchev–Trinajstić information content (AvgIpc) is 2.65. The van der Waals surface area contributed by atoms with Gasteiger partial charge in [-0.1, -0.05) is 24.0 Å². The lowest BCUT2D eigenvalue weighted by Gasteiger charge is -2.14. The van der Waals surface area contributed by atoms with Crippen molar-refractivity contribution >= 4 is 38.2 Å². The Kier molecular flexibility index (Phi) is 13.8. The molecule has 0 bridgehead atoms. The molecule has 0 aromatic carbocycles. The van der Waals surface area contributed by atoms with E-state index in [9.17, 15) is 36.3 Å². The van der Waals surface area contributed by atoms with Crippen LogP contribution >= 0.6 is 0 Å². The molecule has 30 heavy (non-hydrogen) atoms. The highest BCUT2D eigenvalue weighted by Gasteiger charge is 2.43. The zero-order valence-electron chi connectivity index (χ0n) is 16.3. The van der Waals surface area contributed by atoms with Gasteiger partial charge in [-0.3, -0.25) is 9.59 Å². The molecule has 0 saturated heterocycles. The summed E-state index contributed by atoms with van der Waals surface area (Å²) in [5.41, 5.74) is 0. The summed E-state index contributed by atoms with van der Waals surface area (Å²) in [5, 5.41) is 9.22. The standard InChI is InChI=1S/C20H24O8S2/c21-15-11-7-3-1-5-9-13-17-29(25,26)20(19(23)24)30(27,28)18-14-10-6-2-4-8-12-16-22/h1-4,15-16,20H,5-6,9-10,13-14,17-18H2,(H,23,24). The Morgan fingerprint density at radius 1 is 0.733 bits per heavy atom. The van der Waals surface area contributed by atoms with E-state index in [1.54, 1.807) is 12.2 Å². The molecule has 0 unspecified atom stereocenters. The van der Waals surface area contributed by atoms with Crippen LogP contribution in [0.2, 0.25) is 0 Å². The number of sulfone groups is 2. The minimum atomic E-state index is -4.39. The van der Waals surface area contributed by atoms with E-state index in [0.29, 0.717) is 38.3 Å². The molecule has 164 valence electrons. The Balaban J connectivity index is 4.75. The number of hydrogen-bond donors (Lipinski definition) is 1.